The number of carboxylic acid groups (broad SMARTS) is 2. The van der Waals surface area contributed by atoms with Crippen LogP contribution in [0, 0.1) is 56.7 Å². The van der Waals surface area contributed by atoms with Crippen LogP contribution in [0.25, 0.3) is 6.08 Å². The van der Waals surface area contributed by atoms with Gasteiger partial charge in [-0.2, -0.15) is 0 Å². The zero-order chi connectivity index (χ0) is 38.7. The van der Waals surface area contributed by atoms with Crippen LogP contribution in [0.1, 0.15) is 105 Å². The first-order chi connectivity index (χ1) is 24.7. The van der Waals surface area contributed by atoms with E-state index in [1.807, 2.05) is 0 Å². The van der Waals surface area contributed by atoms with E-state index in [1.165, 1.54) is 35.9 Å². The van der Waals surface area contributed by atoms with Crippen molar-refractivity contribution in [2.75, 3.05) is 11.9 Å². The molecule has 0 radical (unpaired) electrons. The van der Waals surface area contributed by atoms with Crippen molar-refractivity contribution in [2.24, 2.45) is 56.7 Å². The second kappa shape index (κ2) is 13.6. The summed E-state index contributed by atoms with van der Waals surface area (Å²) in [5.74, 6) is -2.89. The lowest BCUT2D eigenvalue weighted by atomic mass is 9.36. The number of benzene rings is 1. The molecule has 0 aliphatic heterocycles. The molecule has 8 atom stereocenters. The summed E-state index contributed by atoms with van der Waals surface area (Å²) < 4.78 is 6.00. The summed E-state index contributed by atoms with van der Waals surface area (Å²) in [5.41, 5.74) is 0.222. The molecule has 53 heavy (non-hydrogen) atoms. The van der Waals surface area contributed by atoms with Gasteiger partial charge in [0, 0.05) is 47.2 Å². The Morgan fingerprint density at radius 2 is 1.64 bits per heavy atom. The number of aromatic hydroxyl groups is 1. The maximum absolute atomic E-state index is 13.4. The van der Waals surface area contributed by atoms with Gasteiger partial charge < -0.3 is 25.4 Å². The van der Waals surface area contributed by atoms with Crippen LogP contribution in [0.15, 0.2) is 48.1 Å². The predicted molar refractivity (Wildman–Crippen MR) is 199 cm³/mol. The third kappa shape index (κ3) is 6.76. The number of phenols is 1. The molecule has 0 aromatic heterocycles. The molecule has 1 aromatic rings. The first-order valence-electron chi connectivity index (χ1n) is 19.1. The van der Waals surface area contributed by atoms with Crippen LogP contribution in [-0.2, 0) is 28.7 Å². The number of carbonyl (C=O) groups excluding carboxylic acids is 3. The first kappa shape index (κ1) is 38.5. The van der Waals surface area contributed by atoms with E-state index in [0.717, 1.165) is 44.6 Å². The Hall–Kier alpha value is -4.21. The largest absolute Gasteiger partial charge is 0.508 e. The van der Waals surface area contributed by atoms with Gasteiger partial charge in [0.05, 0.1) is 12.0 Å². The van der Waals surface area contributed by atoms with Crippen LogP contribution < -0.4 is 5.32 Å². The highest BCUT2D eigenvalue weighted by Crippen LogP contribution is 2.72. The Morgan fingerprint density at radius 1 is 0.906 bits per heavy atom. The Bertz CT molecular complexity index is 1800. The van der Waals surface area contributed by atoms with Crippen LogP contribution >= 0.6 is 0 Å². The van der Waals surface area contributed by atoms with Crippen molar-refractivity contribution < 1.29 is 44.0 Å². The highest BCUT2D eigenvalue weighted by atomic mass is 16.5. The number of nitrogens with one attached hydrogen (secondary N) is 1. The molecule has 10 heteroatoms. The highest BCUT2D eigenvalue weighted by Gasteiger charge is 2.67. The number of fused-ring (bicyclic) bond motifs is 7. The maximum Gasteiger partial charge on any atom is 0.330 e. The quantitative estimate of drug-likeness (QED) is 0.0903. The summed E-state index contributed by atoms with van der Waals surface area (Å²) >= 11 is 0. The molecular formula is C43H55NO9. The van der Waals surface area contributed by atoms with Gasteiger partial charge in [-0.05, 0) is 116 Å². The average molecular weight is 730 g/mol. The summed E-state index contributed by atoms with van der Waals surface area (Å²) in [6.45, 7) is 13.6. The number of allylic oxidation sites excluding steroid dienone is 2. The Labute approximate surface area is 312 Å². The standard InChI is InChI=1S/C43H55NO9/c1-39(2)19-20-43(38(51)52)22-26(24-53-36(50)14-7-25-21-27(45)8-10-30(25)44-34(47)12-13-35(48)49)37-28(29(43)23-39)9-11-32-41(5)18-16-33(46)40(3,4)31(41)15-17-42(32,37)6/h7-10,12-14,21,26,29,31-32,37,45H,11,15-20,22-24H2,1-6H3,(H,44,47)(H,48,49)(H,51,52). The molecule has 4 saturated carbocycles. The third-order valence-electron chi connectivity index (χ3n) is 14.6. The minimum atomic E-state index is -1.28. The lowest BCUT2D eigenvalue weighted by Crippen LogP contribution is -2.63. The van der Waals surface area contributed by atoms with Gasteiger partial charge in [-0.25, -0.2) is 9.59 Å². The lowest BCUT2D eigenvalue weighted by molar-refractivity contribution is -0.184. The molecular weight excluding hydrogens is 674 g/mol. The van der Waals surface area contributed by atoms with Crippen LogP contribution in [0.3, 0.4) is 0 Å². The van der Waals surface area contributed by atoms with Gasteiger partial charge in [0.25, 0.3) is 0 Å². The van der Waals surface area contributed by atoms with E-state index in [0.29, 0.717) is 42.6 Å². The number of ketones is 1. The number of rotatable bonds is 8. The fraction of sp³-hybridized carbons (Fsp3) is 0.605. The van der Waals surface area contributed by atoms with Crippen molar-refractivity contribution in [1.29, 1.82) is 0 Å². The molecule has 0 bridgehead atoms. The molecule has 1 aromatic carbocycles. The van der Waals surface area contributed by atoms with Gasteiger partial charge >= 0.3 is 17.9 Å². The van der Waals surface area contributed by atoms with Gasteiger partial charge in [0.2, 0.25) is 5.91 Å². The first-order valence-corrected chi connectivity index (χ1v) is 19.1. The van der Waals surface area contributed by atoms with Crippen LogP contribution in [-0.4, -0.2) is 51.5 Å². The van der Waals surface area contributed by atoms with Gasteiger partial charge in [-0.3, -0.25) is 14.4 Å². The van der Waals surface area contributed by atoms with Crippen LogP contribution in [0.2, 0.25) is 0 Å². The topological polar surface area (TPSA) is 167 Å². The van der Waals surface area contributed by atoms with E-state index in [-0.39, 0.29) is 58.0 Å². The summed E-state index contributed by atoms with van der Waals surface area (Å²) in [7, 11) is 0. The molecule has 10 nitrogen and oxygen atoms in total. The van der Waals surface area contributed by atoms with Gasteiger partial charge in [-0.1, -0.05) is 53.2 Å². The number of amides is 1. The number of esters is 1. The Balaban J connectivity index is 1.31. The van der Waals surface area contributed by atoms with Gasteiger partial charge in [0.1, 0.15) is 11.5 Å². The number of hydrogen-bond donors (Lipinski definition) is 4. The molecule has 0 spiro atoms. The molecule has 0 heterocycles. The van der Waals surface area contributed by atoms with Gasteiger partial charge in [0.15, 0.2) is 0 Å². The molecule has 0 saturated heterocycles. The van der Waals surface area contributed by atoms with E-state index < -0.39 is 34.6 Å². The number of aliphatic carboxylic acids is 2. The summed E-state index contributed by atoms with van der Waals surface area (Å²) in [4.78, 5) is 63.1. The molecule has 286 valence electrons. The molecule has 5 aliphatic rings. The second-order valence-corrected chi connectivity index (χ2v) is 18.5. The number of Topliss-reactive ketones (excluding diaryl/α,β-unsaturated/α-hetero) is 1. The SMILES string of the molecule is CC1(C)CCC2(C(=O)O)CC(COC(=O)C=Cc3cc(O)ccc3NC(=O)C=CC(=O)O)C3C(=CCC4C3(C)CCC3C(C)(C)C(=O)CCC34C)C2C1. The van der Waals surface area contributed by atoms with Crippen molar-refractivity contribution >= 4 is 41.4 Å². The molecule has 4 fully saturated rings. The smallest absolute Gasteiger partial charge is 0.330 e. The zero-order valence-electron chi connectivity index (χ0n) is 31.9. The van der Waals surface area contributed by atoms with E-state index in [4.69, 9.17) is 9.84 Å². The summed E-state index contributed by atoms with van der Waals surface area (Å²) in [6, 6.07) is 4.16. The molecule has 4 N–H and O–H groups in total. The van der Waals surface area contributed by atoms with Crippen molar-refractivity contribution in [3.8, 4) is 5.75 Å². The Morgan fingerprint density at radius 3 is 2.34 bits per heavy atom. The number of carboxylic acids is 2. The minimum Gasteiger partial charge on any atom is -0.508 e. The van der Waals surface area contributed by atoms with E-state index in [1.54, 1.807) is 0 Å². The number of anilines is 1. The van der Waals surface area contributed by atoms with E-state index >= 15 is 0 Å². The lowest BCUT2D eigenvalue weighted by Gasteiger charge is -2.68. The Kier molecular flexibility index (Phi) is 9.86. The van der Waals surface area contributed by atoms with Crippen LogP contribution in [0.4, 0.5) is 5.69 Å². The normalized spacial score (nSPS) is 35.6. The molecule has 1 amide bonds. The number of carbonyl (C=O) groups is 5. The van der Waals surface area contributed by atoms with E-state index in [2.05, 4.69) is 52.9 Å². The molecule has 6 rings (SSSR count). The van der Waals surface area contributed by atoms with Crippen molar-refractivity contribution in [1.82, 2.24) is 0 Å². The summed E-state index contributed by atoms with van der Waals surface area (Å²) in [5, 5.41) is 32.5. The third-order valence-corrected chi connectivity index (χ3v) is 14.6. The molecule has 5 aliphatic carbocycles. The monoisotopic (exact) mass is 729 g/mol. The van der Waals surface area contributed by atoms with Crippen LogP contribution in [0.5, 0.6) is 5.75 Å². The zero-order valence-corrected chi connectivity index (χ0v) is 31.9. The van der Waals surface area contributed by atoms with Crippen molar-refractivity contribution in [2.45, 2.75) is 99.3 Å². The fourth-order valence-corrected chi connectivity index (χ4v) is 12.1. The molecule has 8 unspecified atom stereocenters. The highest BCUT2D eigenvalue weighted by molar-refractivity contribution is 6.03. The number of hydrogen-bond acceptors (Lipinski definition) is 7. The summed E-state index contributed by atoms with van der Waals surface area (Å²) in [6.07, 6.45) is 13.3. The van der Waals surface area contributed by atoms with E-state index in [9.17, 15) is 34.2 Å². The number of phenolic OH excluding ortho intramolecular Hbond substituents is 1. The second-order valence-electron chi connectivity index (χ2n) is 18.5. The predicted octanol–water partition coefficient (Wildman–Crippen LogP) is 7.82. The van der Waals surface area contributed by atoms with Crippen molar-refractivity contribution in [3.63, 3.8) is 0 Å². The number of ether oxygens (including phenoxy) is 1. The average Bonchev–Trinajstić information content (AvgIpc) is 3.07. The fourth-order valence-electron chi connectivity index (χ4n) is 12.1. The maximum atomic E-state index is 13.4. The van der Waals surface area contributed by atoms with Gasteiger partial charge in [-0.15, -0.1) is 0 Å². The van der Waals surface area contributed by atoms with Crippen molar-refractivity contribution in [3.05, 3.63) is 53.6 Å². The minimum absolute atomic E-state index is 0.00495.